The third-order valence-corrected chi connectivity index (χ3v) is 7.59. The summed E-state index contributed by atoms with van der Waals surface area (Å²) in [6.45, 7) is 2.62. The lowest BCUT2D eigenvalue weighted by atomic mass is 10.0. The van der Waals surface area contributed by atoms with E-state index < -0.39 is 10.0 Å². The lowest BCUT2D eigenvalue weighted by molar-refractivity contribution is 0.217. The highest BCUT2D eigenvalue weighted by Gasteiger charge is 2.32. The van der Waals surface area contributed by atoms with Gasteiger partial charge in [-0.3, -0.25) is 4.90 Å². The average Bonchev–Trinajstić information content (AvgIpc) is 3.49. The molecular formula is C21H28N2O5S. The van der Waals surface area contributed by atoms with Gasteiger partial charge >= 0.3 is 0 Å². The first-order chi connectivity index (χ1) is 14.0. The first-order valence-electron chi connectivity index (χ1n) is 10.1. The summed E-state index contributed by atoms with van der Waals surface area (Å²) in [7, 11) is -0.196. The van der Waals surface area contributed by atoms with Gasteiger partial charge in [-0.25, -0.2) is 8.42 Å². The van der Waals surface area contributed by atoms with E-state index in [0.717, 1.165) is 49.3 Å². The number of sulfonamides is 1. The van der Waals surface area contributed by atoms with E-state index in [0.29, 0.717) is 25.4 Å². The summed E-state index contributed by atoms with van der Waals surface area (Å²) in [5.74, 6) is 2.29. The maximum Gasteiger partial charge on any atom is 0.276 e. The van der Waals surface area contributed by atoms with Crippen LogP contribution in [0, 0.1) is 0 Å². The second kappa shape index (κ2) is 8.38. The topological polar surface area (TPSA) is 72.2 Å². The molecule has 0 unspecified atom stereocenters. The van der Waals surface area contributed by atoms with Crippen LogP contribution in [0.3, 0.4) is 0 Å². The fourth-order valence-corrected chi connectivity index (χ4v) is 5.75. The quantitative estimate of drug-likeness (QED) is 0.684. The van der Waals surface area contributed by atoms with E-state index in [9.17, 15) is 8.42 Å². The van der Waals surface area contributed by atoms with Crippen molar-refractivity contribution in [2.24, 2.45) is 0 Å². The number of likely N-dealkylation sites (tertiary alicyclic amines) is 1. The molecule has 0 N–H and O–H groups in total. The van der Waals surface area contributed by atoms with Crippen molar-refractivity contribution in [1.29, 1.82) is 0 Å². The van der Waals surface area contributed by atoms with Crippen molar-refractivity contribution in [1.82, 2.24) is 9.21 Å². The highest BCUT2D eigenvalue weighted by Crippen LogP contribution is 2.39. The lowest BCUT2D eigenvalue weighted by Crippen LogP contribution is -2.27. The van der Waals surface area contributed by atoms with Gasteiger partial charge in [0.15, 0.2) is 0 Å². The van der Waals surface area contributed by atoms with Gasteiger partial charge in [-0.1, -0.05) is 0 Å². The Morgan fingerprint density at radius 1 is 1.03 bits per heavy atom. The molecule has 2 saturated heterocycles. The molecule has 2 aromatic rings. The maximum atomic E-state index is 12.7. The predicted molar refractivity (Wildman–Crippen MR) is 109 cm³/mol. The number of furan rings is 1. The van der Waals surface area contributed by atoms with E-state index in [1.165, 1.54) is 4.31 Å². The van der Waals surface area contributed by atoms with Crippen molar-refractivity contribution >= 4 is 10.0 Å². The summed E-state index contributed by atoms with van der Waals surface area (Å²) in [5, 5.41) is 0.0455. The van der Waals surface area contributed by atoms with Gasteiger partial charge < -0.3 is 13.9 Å². The van der Waals surface area contributed by atoms with E-state index >= 15 is 0 Å². The van der Waals surface area contributed by atoms with Crippen molar-refractivity contribution in [3.05, 3.63) is 41.7 Å². The van der Waals surface area contributed by atoms with Crippen molar-refractivity contribution in [3.63, 3.8) is 0 Å². The van der Waals surface area contributed by atoms with Gasteiger partial charge in [0.25, 0.3) is 10.0 Å². The van der Waals surface area contributed by atoms with Crippen molar-refractivity contribution in [2.45, 2.75) is 43.4 Å². The van der Waals surface area contributed by atoms with Gasteiger partial charge in [0.05, 0.1) is 20.8 Å². The van der Waals surface area contributed by atoms with Crippen LogP contribution in [0.5, 0.6) is 11.5 Å². The molecule has 0 radical (unpaired) electrons. The first-order valence-corrected chi connectivity index (χ1v) is 11.5. The van der Waals surface area contributed by atoms with Crippen LogP contribution in [0.1, 0.15) is 43.0 Å². The minimum absolute atomic E-state index is 0.0455. The van der Waals surface area contributed by atoms with E-state index in [2.05, 4.69) is 4.90 Å². The number of rotatable bonds is 7. The maximum absolute atomic E-state index is 12.7. The van der Waals surface area contributed by atoms with Crippen molar-refractivity contribution in [2.75, 3.05) is 33.9 Å². The molecule has 158 valence electrons. The smallest absolute Gasteiger partial charge is 0.276 e. The Labute approximate surface area is 172 Å². The van der Waals surface area contributed by atoms with Gasteiger partial charge in [-0.05, 0) is 62.6 Å². The van der Waals surface area contributed by atoms with Gasteiger partial charge in [0.2, 0.25) is 5.09 Å². The summed E-state index contributed by atoms with van der Waals surface area (Å²) < 4.78 is 43.7. The average molecular weight is 421 g/mol. The van der Waals surface area contributed by atoms with E-state index in [1.54, 1.807) is 26.4 Å². The molecule has 1 aromatic carbocycles. The Morgan fingerprint density at radius 2 is 1.83 bits per heavy atom. The van der Waals surface area contributed by atoms with Crippen molar-refractivity contribution < 1.29 is 22.3 Å². The minimum Gasteiger partial charge on any atom is -0.497 e. The van der Waals surface area contributed by atoms with Crippen LogP contribution in [-0.4, -0.2) is 51.5 Å². The number of hydrogen-bond acceptors (Lipinski definition) is 6. The Balaban J connectivity index is 1.53. The fraction of sp³-hybridized carbons (Fsp3) is 0.524. The zero-order valence-corrected chi connectivity index (χ0v) is 17.8. The van der Waals surface area contributed by atoms with Crippen LogP contribution in [0.15, 0.2) is 39.8 Å². The van der Waals surface area contributed by atoms with Crippen LogP contribution in [-0.2, 0) is 16.6 Å². The molecule has 8 heteroatoms. The van der Waals surface area contributed by atoms with Gasteiger partial charge in [-0.15, -0.1) is 0 Å². The molecule has 2 fully saturated rings. The first kappa shape index (κ1) is 20.3. The van der Waals surface area contributed by atoms with Crippen LogP contribution < -0.4 is 9.47 Å². The third kappa shape index (κ3) is 4.01. The zero-order valence-electron chi connectivity index (χ0n) is 17.0. The van der Waals surface area contributed by atoms with Gasteiger partial charge in [0, 0.05) is 24.7 Å². The third-order valence-electron chi connectivity index (χ3n) is 5.81. The monoisotopic (exact) mass is 420 g/mol. The summed E-state index contributed by atoms with van der Waals surface area (Å²) in [6, 6.07) is 9.38. The molecule has 2 aliphatic heterocycles. The van der Waals surface area contributed by atoms with Crippen LogP contribution >= 0.6 is 0 Å². The number of methoxy groups -OCH3 is 2. The second-order valence-electron chi connectivity index (χ2n) is 7.57. The number of benzene rings is 1. The summed E-state index contributed by atoms with van der Waals surface area (Å²) >= 11 is 0. The lowest BCUT2D eigenvalue weighted by Gasteiger charge is -2.25. The minimum atomic E-state index is -3.53. The number of nitrogens with zero attached hydrogens (tertiary/aromatic N) is 2. The molecule has 0 amide bonds. The van der Waals surface area contributed by atoms with E-state index in [4.69, 9.17) is 13.9 Å². The predicted octanol–water partition coefficient (Wildman–Crippen LogP) is 3.42. The second-order valence-corrected chi connectivity index (χ2v) is 9.44. The molecule has 4 rings (SSSR count). The molecule has 1 atom stereocenters. The normalized spacial score (nSPS) is 21.0. The van der Waals surface area contributed by atoms with Crippen LogP contribution in [0.4, 0.5) is 0 Å². The molecule has 0 bridgehead atoms. The molecule has 0 saturated carbocycles. The molecule has 0 aliphatic carbocycles. The molecule has 3 heterocycles. The molecule has 7 nitrogen and oxygen atoms in total. The van der Waals surface area contributed by atoms with Crippen LogP contribution in [0.2, 0.25) is 0 Å². The summed E-state index contributed by atoms with van der Waals surface area (Å²) in [6.07, 6.45) is 3.88. The van der Waals surface area contributed by atoms with Gasteiger partial charge in [0.1, 0.15) is 17.3 Å². The van der Waals surface area contributed by atoms with Gasteiger partial charge in [-0.2, -0.15) is 4.31 Å². The summed E-state index contributed by atoms with van der Waals surface area (Å²) in [5.41, 5.74) is 1.08. The Hall–Kier alpha value is -2.03. The molecule has 1 aromatic heterocycles. The zero-order chi connectivity index (χ0) is 20.4. The molecule has 29 heavy (non-hydrogen) atoms. The molecule has 0 spiro atoms. The van der Waals surface area contributed by atoms with Crippen LogP contribution in [0.25, 0.3) is 0 Å². The highest BCUT2D eigenvalue weighted by molar-refractivity contribution is 7.89. The Kier molecular flexibility index (Phi) is 5.85. The number of hydrogen-bond donors (Lipinski definition) is 0. The Morgan fingerprint density at radius 3 is 2.55 bits per heavy atom. The van der Waals surface area contributed by atoms with Crippen molar-refractivity contribution in [3.8, 4) is 11.5 Å². The van der Waals surface area contributed by atoms with E-state index in [-0.39, 0.29) is 11.1 Å². The number of ether oxygens (including phenoxy) is 2. The molecule has 2 aliphatic rings. The SMILES string of the molecule is COc1ccc(OC)c([C@H]2CCCN2Cc2ccc(S(=O)(=O)N3CCCC3)o2)c1. The molecular weight excluding hydrogens is 392 g/mol. The highest BCUT2D eigenvalue weighted by atomic mass is 32.2. The summed E-state index contributed by atoms with van der Waals surface area (Å²) in [4.78, 5) is 2.31. The standard InChI is InChI=1S/C21H28N2O5S/c1-26-16-7-9-20(27-2)18(14-16)19-6-5-11-22(19)15-17-8-10-21(28-17)29(24,25)23-12-3-4-13-23/h7-10,14,19H,3-6,11-13,15H2,1-2H3/t19-/m1/s1. The largest absolute Gasteiger partial charge is 0.497 e. The Bertz CT molecular complexity index is 950. The van der Waals surface area contributed by atoms with E-state index in [1.807, 2.05) is 18.2 Å². The fourth-order valence-electron chi connectivity index (χ4n) is 4.31.